The molecule has 0 saturated carbocycles. The van der Waals surface area contributed by atoms with Crippen LogP contribution in [-0.4, -0.2) is 20.2 Å². The Morgan fingerprint density at radius 2 is 1.76 bits per heavy atom. The van der Waals surface area contributed by atoms with Gasteiger partial charge in [-0.1, -0.05) is 63.2 Å². The Kier molecular flexibility index (Phi) is 6.37. The van der Waals surface area contributed by atoms with Gasteiger partial charge in [-0.05, 0) is 41.5 Å². The molecule has 0 amide bonds. The summed E-state index contributed by atoms with van der Waals surface area (Å²) in [4.78, 5) is 24.3. The van der Waals surface area contributed by atoms with Crippen molar-refractivity contribution in [2.24, 2.45) is 5.92 Å². The summed E-state index contributed by atoms with van der Waals surface area (Å²) >= 11 is 0. The van der Waals surface area contributed by atoms with Gasteiger partial charge in [0.25, 0.3) is 0 Å². The van der Waals surface area contributed by atoms with Gasteiger partial charge >= 0.3 is 11.7 Å². The fraction of sp³-hybridized carbons (Fsp3) is 0.333. The van der Waals surface area contributed by atoms with E-state index in [9.17, 15) is 14.7 Å². The number of hydrogen-bond acceptors (Lipinski definition) is 2. The molecule has 0 atom stereocenters. The van der Waals surface area contributed by atoms with Gasteiger partial charge in [-0.3, -0.25) is 9.13 Å². The molecule has 3 rings (SSSR count). The molecule has 0 radical (unpaired) electrons. The van der Waals surface area contributed by atoms with Crippen molar-refractivity contribution in [3.8, 4) is 11.1 Å². The maximum Gasteiger partial charge on any atom is 0.336 e. The number of aromatic carboxylic acids is 1. The third-order valence-corrected chi connectivity index (χ3v) is 4.97. The first-order valence-electron chi connectivity index (χ1n) is 10.1. The highest BCUT2D eigenvalue weighted by molar-refractivity contribution is 5.95. The van der Waals surface area contributed by atoms with E-state index in [4.69, 9.17) is 0 Å². The predicted molar refractivity (Wildman–Crippen MR) is 115 cm³/mol. The molecule has 0 saturated heterocycles. The summed E-state index contributed by atoms with van der Waals surface area (Å²) in [7, 11) is 0. The molecule has 1 N–H and O–H groups in total. The molecule has 1 heterocycles. The molecule has 0 spiro atoms. The van der Waals surface area contributed by atoms with E-state index in [1.165, 1.54) is 0 Å². The third kappa shape index (κ3) is 4.67. The average Bonchev–Trinajstić information content (AvgIpc) is 2.97. The Morgan fingerprint density at radius 1 is 1.07 bits per heavy atom. The molecule has 2 aromatic carbocycles. The summed E-state index contributed by atoms with van der Waals surface area (Å²) in [5.74, 6) is -0.472. The number of carbonyl (C=O) groups is 1. The highest BCUT2D eigenvalue weighted by atomic mass is 16.4. The van der Waals surface area contributed by atoms with Crippen molar-refractivity contribution in [2.75, 3.05) is 0 Å². The van der Waals surface area contributed by atoms with Crippen molar-refractivity contribution in [1.82, 2.24) is 9.13 Å². The minimum absolute atomic E-state index is 0.0304. The molecule has 0 aliphatic rings. The lowest BCUT2D eigenvalue weighted by molar-refractivity contribution is 0.0697. The molecule has 152 valence electrons. The summed E-state index contributed by atoms with van der Waals surface area (Å²) in [5.41, 5.74) is 3.93. The number of carboxylic acid groups (broad SMARTS) is 1. The summed E-state index contributed by atoms with van der Waals surface area (Å²) in [5, 5.41) is 9.42. The van der Waals surface area contributed by atoms with Gasteiger partial charge in [0.1, 0.15) is 0 Å². The molecule has 0 bridgehead atoms. The Bertz CT molecular complexity index is 1040. The molecule has 0 fully saturated rings. The number of imidazole rings is 1. The zero-order chi connectivity index (χ0) is 21.0. The largest absolute Gasteiger partial charge is 0.478 e. The third-order valence-electron chi connectivity index (χ3n) is 4.97. The first-order valence-corrected chi connectivity index (χ1v) is 10.1. The minimum atomic E-state index is -0.938. The Morgan fingerprint density at radius 3 is 2.38 bits per heavy atom. The van der Waals surface area contributed by atoms with Crippen molar-refractivity contribution >= 4 is 5.97 Å². The Labute approximate surface area is 171 Å². The van der Waals surface area contributed by atoms with Gasteiger partial charge in [-0.2, -0.15) is 0 Å². The maximum atomic E-state index is 12.8. The van der Waals surface area contributed by atoms with Crippen molar-refractivity contribution in [3.05, 3.63) is 82.0 Å². The van der Waals surface area contributed by atoms with Crippen molar-refractivity contribution in [1.29, 1.82) is 0 Å². The quantitative estimate of drug-likeness (QED) is 0.606. The molecule has 5 nitrogen and oxygen atoms in total. The lowest BCUT2D eigenvalue weighted by atomic mass is 9.98. The van der Waals surface area contributed by atoms with Gasteiger partial charge in [0.15, 0.2) is 0 Å². The van der Waals surface area contributed by atoms with Gasteiger partial charge < -0.3 is 5.11 Å². The standard InChI is InChI=1S/C24H28N2O3/c1-4-13-25-16-20(14-17(2)3)26(24(25)29)15-18-9-11-19(12-10-18)21-7-5-6-8-22(21)23(27)28/h5-12,16-17H,4,13-15H2,1-3H3,(H,27,28). The van der Waals surface area contributed by atoms with Crippen molar-refractivity contribution in [2.45, 2.75) is 46.7 Å². The van der Waals surface area contributed by atoms with E-state index in [1.807, 2.05) is 47.2 Å². The minimum Gasteiger partial charge on any atom is -0.478 e. The van der Waals surface area contributed by atoms with E-state index in [-0.39, 0.29) is 11.3 Å². The second-order valence-electron chi connectivity index (χ2n) is 7.83. The van der Waals surface area contributed by atoms with E-state index in [0.29, 0.717) is 18.0 Å². The van der Waals surface area contributed by atoms with Crippen LogP contribution in [0.15, 0.2) is 59.5 Å². The fourth-order valence-corrected chi connectivity index (χ4v) is 3.63. The van der Waals surface area contributed by atoms with Crippen LogP contribution in [0.25, 0.3) is 11.1 Å². The number of carboxylic acids is 1. The van der Waals surface area contributed by atoms with E-state index < -0.39 is 5.97 Å². The molecule has 0 aliphatic carbocycles. The highest BCUT2D eigenvalue weighted by Crippen LogP contribution is 2.24. The van der Waals surface area contributed by atoms with E-state index >= 15 is 0 Å². The van der Waals surface area contributed by atoms with Crippen LogP contribution in [0.5, 0.6) is 0 Å². The van der Waals surface area contributed by atoms with Gasteiger partial charge in [-0.15, -0.1) is 0 Å². The molecule has 5 heteroatoms. The number of rotatable bonds is 8. The second kappa shape index (κ2) is 8.95. The lowest BCUT2D eigenvalue weighted by Gasteiger charge is -2.11. The van der Waals surface area contributed by atoms with Crippen LogP contribution >= 0.6 is 0 Å². The first kappa shape index (κ1) is 20.6. The van der Waals surface area contributed by atoms with E-state index in [1.54, 1.807) is 16.7 Å². The van der Waals surface area contributed by atoms with Gasteiger partial charge in [0, 0.05) is 18.4 Å². The monoisotopic (exact) mass is 392 g/mol. The number of benzene rings is 2. The molecule has 29 heavy (non-hydrogen) atoms. The SMILES string of the molecule is CCCn1cc(CC(C)C)n(Cc2ccc(-c3ccccc3C(=O)O)cc2)c1=O. The molecular formula is C24H28N2O3. The van der Waals surface area contributed by atoms with Gasteiger partial charge in [-0.25, -0.2) is 9.59 Å². The smallest absolute Gasteiger partial charge is 0.336 e. The maximum absolute atomic E-state index is 12.8. The molecular weight excluding hydrogens is 364 g/mol. The van der Waals surface area contributed by atoms with Crippen molar-refractivity contribution in [3.63, 3.8) is 0 Å². The van der Waals surface area contributed by atoms with E-state index in [0.717, 1.165) is 36.2 Å². The average molecular weight is 392 g/mol. The van der Waals surface area contributed by atoms with Crippen molar-refractivity contribution < 1.29 is 9.90 Å². The summed E-state index contributed by atoms with van der Waals surface area (Å²) < 4.78 is 3.66. The zero-order valence-electron chi connectivity index (χ0n) is 17.3. The van der Waals surface area contributed by atoms with Crippen LogP contribution in [0.3, 0.4) is 0 Å². The zero-order valence-corrected chi connectivity index (χ0v) is 17.3. The Balaban J connectivity index is 1.91. The highest BCUT2D eigenvalue weighted by Gasteiger charge is 2.14. The van der Waals surface area contributed by atoms with Crippen LogP contribution in [0, 0.1) is 5.92 Å². The van der Waals surface area contributed by atoms with Crippen LogP contribution in [-0.2, 0) is 19.5 Å². The topological polar surface area (TPSA) is 64.2 Å². The van der Waals surface area contributed by atoms with Crippen LogP contribution in [0.1, 0.15) is 48.8 Å². The molecule has 1 aromatic heterocycles. The number of nitrogens with zero attached hydrogens (tertiary/aromatic N) is 2. The normalized spacial score (nSPS) is 11.2. The summed E-state index contributed by atoms with van der Waals surface area (Å²) in [6.45, 7) is 7.61. The van der Waals surface area contributed by atoms with E-state index in [2.05, 4.69) is 20.8 Å². The second-order valence-corrected chi connectivity index (χ2v) is 7.83. The number of aromatic nitrogens is 2. The van der Waals surface area contributed by atoms with Gasteiger partial charge in [0.05, 0.1) is 12.1 Å². The summed E-state index contributed by atoms with van der Waals surface area (Å²) in [6.07, 6.45) is 3.77. The lowest BCUT2D eigenvalue weighted by Crippen LogP contribution is -2.25. The van der Waals surface area contributed by atoms with Gasteiger partial charge in [0.2, 0.25) is 0 Å². The number of aryl methyl sites for hydroxylation is 1. The molecule has 0 unspecified atom stereocenters. The molecule has 3 aromatic rings. The Hall–Kier alpha value is -3.08. The predicted octanol–water partition coefficient (Wildman–Crippen LogP) is 4.67. The van der Waals surface area contributed by atoms with Crippen LogP contribution < -0.4 is 5.69 Å². The van der Waals surface area contributed by atoms with Crippen LogP contribution in [0.4, 0.5) is 0 Å². The summed E-state index contributed by atoms with van der Waals surface area (Å²) in [6, 6.07) is 14.8. The first-order chi connectivity index (χ1) is 13.9. The molecule has 0 aliphatic heterocycles. The number of hydrogen-bond donors (Lipinski definition) is 1. The van der Waals surface area contributed by atoms with Crippen LogP contribution in [0.2, 0.25) is 0 Å². The fourth-order valence-electron chi connectivity index (χ4n) is 3.63.